The van der Waals surface area contributed by atoms with Crippen LogP contribution in [0.1, 0.15) is 22.3 Å². The summed E-state index contributed by atoms with van der Waals surface area (Å²) in [4.78, 5) is 17.8. The predicted octanol–water partition coefficient (Wildman–Crippen LogP) is 4.54. The van der Waals surface area contributed by atoms with Gasteiger partial charge in [-0.05, 0) is 42.5 Å². The maximum absolute atomic E-state index is 13.4. The minimum Gasteiger partial charge on any atom is -0.313 e. The Balaban J connectivity index is 1.80. The monoisotopic (exact) mass is 335 g/mol. The number of hydrogen-bond acceptors (Lipinski definition) is 4. The van der Waals surface area contributed by atoms with Gasteiger partial charge in [0, 0.05) is 27.7 Å². The first kappa shape index (κ1) is 15.1. The number of carbonyl (C=O) groups excluding carboxylic acids is 1. The van der Waals surface area contributed by atoms with Crippen molar-refractivity contribution in [1.82, 2.24) is 0 Å². The number of rotatable bonds is 2. The Morgan fingerprint density at radius 2 is 2.00 bits per heavy atom. The van der Waals surface area contributed by atoms with Gasteiger partial charge < -0.3 is 4.84 Å². The fourth-order valence-electron chi connectivity index (χ4n) is 2.08. The minimum absolute atomic E-state index is 0.335. The molecule has 0 atom stereocenters. The van der Waals surface area contributed by atoms with E-state index in [1.807, 2.05) is 0 Å². The van der Waals surface area contributed by atoms with E-state index in [9.17, 15) is 9.18 Å². The van der Waals surface area contributed by atoms with E-state index in [1.54, 1.807) is 42.1 Å². The molecule has 3 rings (SSSR count). The zero-order valence-electron chi connectivity index (χ0n) is 11.4. The van der Waals surface area contributed by atoms with Gasteiger partial charge in [-0.15, -0.1) is 11.8 Å². The molecule has 3 nitrogen and oxygen atoms in total. The van der Waals surface area contributed by atoms with Crippen molar-refractivity contribution in [2.75, 3.05) is 5.75 Å². The molecule has 22 heavy (non-hydrogen) atoms. The van der Waals surface area contributed by atoms with Gasteiger partial charge in [0.1, 0.15) is 5.82 Å². The fraction of sp³-hybridized carbons (Fsp3) is 0.125. The standard InChI is InChI=1S/C16H11ClFNO2S/c17-11-3-1-10(2-4-11)16(20)21-19-14-7-8-22-15-6-5-12(18)9-13(14)15/h1-6,9H,7-8H2/b19-14-. The Kier molecular flexibility index (Phi) is 4.45. The first-order valence-electron chi connectivity index (χ1n) is 6.60. The van der Waals surface area contributed by atoms with Crippen LogP contribution in [0.25, 0.3) is 0 Å². The van der Waals surface area contributed by atoms with Crippen molar-refractivity contribution in [3.8, 4) is 0 Å². The van der Waals surface area contributed by atoms with E-state index in [4.69, 9.17) is 16.4 Å². The van der Waals surface area contributed by atoms with E-state index >= 15 is 0 Å². The highest BCUT2D eigenvalue weighted by Crippen LogP contribution is 2.30. The lowest BCUT2D eigenvalue weighted by Crippen LogP contribution is -2.12. The third-order valence-electron chi connectivity index (χ3n) is 3.17. The SMILES string of the molecule is O=C(O/N=C1/CCSc2ccc(F)cc21)c1ccc(Cl)cc1. The maximum atomic E-state index is 13.4. The topological polar surface area (TPSA) is 38.7 Å². The summed E-state index contributed by atoms with van der Waals surface area (Å²) in [5.74, 6) is -0.0889. The Morgan fingerprint density at radius 3 is 2.77 bits per heavy atom. The molecule has 0 fully saturated rings. The Bertz CT molecular complexity index is 746. The van der Waals surface area contributed by atoms with Gasteiger partial charge in [-0.25, -0.2) is 9.18 Å². The van der Waals surface area contributed by atoms with Crippen LogP contribution in [0, 0.1) is 5.82 Å². The van der Waals surface area contributed by atoms with Gasteiger partial charge in [-0.1, -0.05) is 16.8 Å². The van der Waals surface area contributed by atoms with Crippen molar-refractivity contribution < 1.29 is 14.0 Å². The number of hydrogen-bond donors (Lipinski definition) is 0. The molecule has 6 heteroatoms. The summed E-state index contributed by atoms with van der Waals surface area (Å²) in [6, 6.07) is 10.9. The van der Waals surface area contributed by atoms with Crippen LogP contribution >= 0.6 is 23.4 Å². The quantitative estimate of drug-likeness (QED) is 0.597. The lowest BCUT2D eigenvalue weighted by atomic mass is 10.1. The molecule has 0 N–H and O–H groups in total. The van der Waals surface area contributed by atoms with Gasteiger partial charge in [0.05, 0.1) is 11.3 Å². The van der Waals surface area contributed by atoms with Crippen molar-refractivity contribution in [1.29, 1.82) is 0 Å². The zero-order valence-corrected chi connectivity index (χ0v) is 13.0. The predicted molar refractivity (Wildman–Crippen MR) is 85.1 cm³/mol. The third-order valence-corrected chi connectivity index (χ3v) is 4.49. The van der Waals surface area contributed by atoms with Gasteiger partial charge in [-0.3, -0.25) is 0 Å². The van der Waals surface area contributed by atoms with Crippen LogP contribution in [0.4, 0.5) is 4.39 Å². The highest BCUT2D eigenvalue weighted by molar-refractivity contribution is 7.99. The molecule has 2 aromatic rings. The largest absolute Gasteiger partial charge is 0.365 e. The van der Waals surface area contributed by atoms with E-state index in [1.165, 1.54) is 12.1 Å². The van der Waals surface area contributed by atoms with Crippen molar-refractivity contribution in [3.63, 3.8) is 0 Å². The van der Waals surface area contributed by atoms with Crippen LogP contribution in [0.2, 0.25) is 5.02 Å². The molecule has 0 radical (unpaired) electrons. The zero-order chi connectivity index (χ0) is 15.5. The average Bonchev–Trinajstić information content (AvgIpc) is 2.53. The maximum Gasteiger partial charge on any atom is 0.365 e. The third kappa shape index (κ3) is 3.31. The number of nitrogens with zero attached hydrogens (tertiary/aromatic N) is 1. The molecular formula is C16H11ClFNO2S. The molecule has 112 valence electrons. The second-order valence-corrected chi connectivity index (χ2v) is 6.24. The van der Waals surface area contributed by atoms with Crippen molar-refractivity contribution in [2.45, 2.75) is 11.3 Å². The van der Waals surface area contributed by atoms with E-state index < -0.39 is 5.97 Å². The van der Waals surface area contributed by atoms with Crippen molar-refractivity contribution in [3.05, 3.63) is 64.4 Å². The summed E-state index contributed by atoms with van der Waals surface area (Å²) in [5.41, 5.74) is 1.62. The highest BCUT2D eigenvalue weighted by Gasteiger charge is 2.18. The molecule has 0 spiro atoms. The van der Waals surface area contributed by atoms with E-state index in [-0.39, 0.29) is 5.82 Å². The Morgan fingerprint density at radius 1 is 1.23 bits per heavy atom. The summed E-state index contributed by atoms with van der Waals surface area (Å²) < 4.78 is 13.4. The van der Waals surface area contributed by atoms with E-state index in [0.29, 0.717) is 28.3 Å². The number of halogens is 2. The fourth-order valence-corrected chi connectivity index (χ4v) is 3.21. The Labute approximate surface area is 136 Å². The van der Waals surface area contributed by atoms with Gasteiger partial charge >= 0.3 is 5.97 Å². The highest BCUT2D eigenvalue weighted by atomic mass is 35.5. The van der Waals surface area contributed by atoms with Crippen LogP contribution in [0.15, 0.2) is 52.5 Å². The molecule has 2 aromatic carbocycles. The minimum atomic E-state index is -0.569. The molecule has 1 heterocycles. The molecule has 0 unspecified atom stereocenters. The van der Waals surface area contributed by atoms with Gasteiger partial charge in [0.25, 0.3) is 0 Å². The molecule has 0 saturated carbocycles. The molecule has 0 aromatic heterocycles. The first-order chi connectivity index (χ1) is 10.6. The van der Waals surface area contributed by atoms with E-state index in [2.05, 4.69) is 5.16 Å². The molecule has 1 aliphatic rings. The van der Waals surface area contributed by atoms with Crippen LogP contribution in [-0.4, -0.2) is 17.4 Å². The molecule has 0 aliphatic carbocycles. The lowest BCUT2D eigenvalue weighted by Gasteiger charge is -2.16. The van der Waals surface area contributed by atoms with Crippen molar-refractivity contribution >= 4 is 35.0 Å². The number of carbonyl (C=O) groups is 1. The molecular weight excluding hydrogens is 325 g/mol. The van der Waals surface area contributed by atoms with E-state index in [0.717, 1.165) is 10.6 Å². The molecule has 0 bridgehead atoms. The summed E-state index contributed by atoms with van der Waals surface area (Å²) >= 11 is 7.40. The smallest absolute Gasteiger partial charge is 0.313 e. The molecule has 0 saturated heterocycles. The summed E-state index contributed by atoms with van der Waals surface area (Å²) in [6.07, 6.45) is 0.620. The van der Waals surface area contributed by atoms with Crippen molar-refractivity contribution in [2.24, 2.45) is 5.16 Å². The number of thioether (sulfide) groups is 1. The molecule has 1 aliphatic heterocycles. The molecule has 0 amide bonds. The Hall–Kier alpha value is -1.85. The van der Waals surface area contributed by atoms with Crippen LogP contribution in [0.5, 0.6) is 0 Å². The summed E-state index contributed by atoms with van der Waals surface area (Å²) in [7, 11) is 0. The first-order valence-corrected chi connectivity index (χ1v) is 7.96. The summed E-state index contributed by atoms with van der Waals surface area (Å²) in [5, 5.41) is 4.46. The number of oxime groups is 1. The second-order valence-electron chi connectivity index (χ2n) is 4.66. The van der Waals surface area contributed by atoms with Crippen LogP contribution in [-0.2, 0) is 4.84 Å². The number of fused-ring (bicyclic) bond motifs is 1. The van der Waals surface area contributed by atoms with Gasteiger partial charge in [-0.2, -0.15) is 0 Å². The van der Waals surface area contributed by atoms with Gasteiger partial charge in [0.2, 0.25) is 0 Å². The van der Waals surface area contributed by atoms with Gasteiger partial charge in [0.15, 0.2) is 0 Å². The summed E-state index contributed by atoms with van der Waals surface area (Å²) in [6.45, 7) is 0. The second kappa shape index (κ2) is 6.50. The van der Waals surface area contributed by atoms with Crippen LogP contribution < -0.4 is 0 Å². The van der Waals surface area contributed by atoms with Crippen LogP contribution in [0.3, 0.4) is 0 Å². The lowest BCUT2D eigenvalue weighted by molar-refractivity contribution is 0.0516. The number of benzene rings is 2. The normalized spacial score (nSPS) is 15.5. The average molecular weight is 336 g/mol.